The Kier molecular flexibility index (Phi) is 15.0. The number of ether oxygens (including phenoxy) is 2. The molecule has 0 spiro atoms. The number of hydrogen-bond donors (Lipinski definition) is 0. The first-order valence-corrected chi connectivity index (χ1v) is 12.0. The van der Waals surface area contributed by atoms with Gasteiger partial charge in [0.15, 0.2) is 5.92 Å². The first-order chi connectivity index (χ1) is 13.7. The van der Waals surface area contributed by atoms with Crippen molar-refractivity contribution in [2.45, 2.75) is 117 Å². The second-order valence-electron chi connectivity index (χ2n) is 8.36. The van der Waals surface area contributed by atoms with Crippen molar-refractivity contribution >= 4 is 11.9 Å². The Morgan fingerprint density at radius 3 is 1.82 bits per heavy atom. The van der Waals surface area contributed by atoms with Crippen molar-refractivity contribution in [1.82, 2.24) is 0 Å². The monoisotopic (exact) mass is 396 g/mol. The third-order valence-corrected chi connectivity index (χ3v) is 5.99. The van der Waals surface area contributed by atoms with Gasteiger partial charge in [-0.2, -0.15) is 0 Å². The SMILES string of the molecule is CCOC(=O)C(CC)C(=O)OCCCCCC1CCCCCCCCCCC1. The van der Waals surface area contributed by atoms with Crippen LogP contribution in [-0.4, -0.2) is 25.2 Å². The van der Waals surface area contributed by atoms with Crippen molar-refractivity contribution in [2.75, 3.05) is 13.2 Å². The summed E-state index contributed by atoms with van der Waals surface area (Å²) in [5.41, 5.74) is 0. The summed E-state index contributed by atoms with van der Waals surface area (Å²) >= 11 is 0. The Labute approximate surface area is 173 Å². The lowest BCUT2D eigenvalue weighted by atomic mass is 9.89. The van der Waals surface area contributed by atoms with Crippen LogP contribution in [-0.2, 0) is 19.1 Å². The predicted molar refractivity (Wildman–Crippen MR) is 114 cm³/mol. The molecule has 0 bridgehead atoms. The predicted octanol–water partition coefficient (Wildman–Crippen LogP) is 6.60. The Morgan fingerprint density at radius 1 is 0.750 bits per heavy atom. The van der Waals surface area contributed by atoms with Gasteiger partial charge in [-0.05, 0) is 25.7 Å². The summed E-state index contributed by atoms with van der Waals surface area (Å²) in [7, 11) is 0. The summed E-state index contributed by atoms with van der Waals surface area (Å²) in [5, 5.41) is 0. The lowest BCUT2D eigenvalue weighted by molar-refractivity contribution is -0.162. The van der Waals surface area contributed by atoms with Crippen molar-refractivity contribution < 1.29 is 19.1 Å². The van der Waals surface area contributed by atoms with Crippen LogP contribution < -0.4 is 0 Å². The Morgan fingerprint density at radius 2 is 1.29 bits per heavy atom. The van der Waals surface area contributed by atoms with E-state index >= 15 is 0 Å². The molecule has 0 aliphatic heterocycles. The zero-order valence-corrected chi connectivity index (χ0v) is 18.5. The van der Waals surface area contributed by atoms with Gasteiger partial charge in [-0.1, -0.05) is 96.8 Å². The fourth-order valence-electron chi connectivity index (χ4n) is 4.19. The first-order valence-electron chi connectivity index (χ1n) is 12.0. The quantitative estimate of drug-likeness (QED) is 0.237. The number of hydrogen-bond acceptors (Lipinski definition) is 4. The Balaban J connectivity index is 2.16. The van der Waals surface area contributed by atoms with Gasteiger partial charge < -0.3 is 9.47 Å². The zero-order chi connectivity index (χ0) is 20.5. The minimum atomic E-state index is -0.767. The summed E-state index contributed by atoms with van der Waals surface area (Å²) in [5.74, 6) is -0.774. The summed E-state index contributed by atoms with van der Waals surface area (Å²) in [4.78, 5) is 23.8. The highest BCUT2D eigenvalue weighted by Crippen LogP contribution is 2.25. The van der Waals surface area contributed by atoms with E-state index in [2.05, 4.69) is 0 Å². The average molecular weight is 397 g/mol. The van der Waals surface area contributed by atoms with Crippen molar-refractivity contribution in [1.29, 1.82) is 0 Å². The average Bonchev–Trinajstić information content (AvgIpc) is 2.67. The minimum Gasteiger partial charge on any atom is -0.465 e. The number of carbonyl (C=O) groups is 2. The van der Waals surface area contributed by atoms with E-state index in [0.717, 1.165) is 18.8 Å². The van der Waals surface area contributed by atoms with E-state index < -0.39 is 17.9 Å². The molecule has 0 radical (unpaired) electrons. The molecule has 1 rings (SSSR count). The molecule has 0 aromatic rings. The second-order valence-corrected chi connectivity index (χ2v) is 8.36. The number of carbonyl (C=O) groups excluding carboxylic acids is 2. The maximum Gasteiger partial charge on any atom is 0.320 e. The van der Waals surface area contributed by atoms with E-state index in [0.29, 0.717) is 19.6 Å². The Hall–Kier alpha value is -1.06. The maximum atomic E-state index is 12.0. The number of esters is 2. The van der Waals surface area contributed by atoms with Crippen molar-refractivity contribution in [2.24, 2.45) is 11.8 Å². The molecule has 4 nitrogen and oxygen atoms in total. The zero-order valence-electron chi connectivity index (χ0n) is 18.5. The highest BCUT2D eigenvalue weighted by atomic mass is 16.6. The van der Waals surface area contributed by atoms with Crippen LogP contribution in [0.4, 0.5) is 0 Å². The fourth-order valence-corrected chi connectivity index (χ4v) is 4.19. The van der Waals surface area contributed by atoms with Crippen molar-refractivity contribution in [3.05, 3.63) is 0 Å². The number of unbranched alkanes of at least 4 members (excludes halogenated alkanes) is 2. The van der Waals surface area contributed by atoms with Gasteiger partial charge >= 0.3 is 11.9 Å². The molecule has 0 saturated heterocycles. The lowest BCUT2D eigenvalue weighted by Gasteiger charge is -2.18. The number of rotatable bonds is 10. The highest BCUT2D eigenvalue weighted by molar-refractivity contribution is 5.94. The van der Waals surface area contributed by atoms with Crippen molar-refractivity contribution in [3.8, 4) is 0 Å². The smallest absolute Gasteiger partial charge is 0.320 e. The lowest BCUT2D eigenvalue weighted by Crippen LogP contribution is -2.27. The van der Waals surface area contributed by atoms with Crippen LogP contribution in [0, 0.1) is 11.8 Å². The van der Waals surface area contributed by atoms with Gasteiger partial charge in [0.2, 0.25) is 0 Å². The molecule has 1 unspecified atom stereocenters. The topological polar surface area (TPSA) is 52.6 Å². The molecule has 0 aromatic carbocycles. The van der Waals surface area contributed by atoms with Crippen LogP contribution in [0.1, 0.15) is 117 Å². The summed E-state index contributed by atoms with van der Waals surface area (Å²) in [6.07, 6.45) is 20.5. The van der Waals surface area contributed by atoms with E-state index in [-0.39, 0.29) is 0 Å². The third-order valence-electron chi connectivity index (χ3n) is 5.99. The van der Waals surface area contributed by atoms with Gasteiger partial charge in [-0.3, -0.25) is 9.59 Å². The normalized spacial score (nSPS) is 18.5. The second kappa shape index (κ2) is 16.9. The van der Waals surface area contributed by atoms with Gasteiger partial charge in [0.1, 0.15) is 0 Å². The van der Waals surface area contributed by atoms with E-state index in [1.807, 2.05) is 6.92 Å². The van der Waals surface area contributed by atoms with Crippen LogP contribution in [0.25, 0.3) is 0 Å². The molecule has 1 aliphatic rings. The van der Waals surface area contributed by atoms with Crippen LogP contribution in [0.5, 0.6) is 0 Å². The van der Waals surface area contributed by atoms with Crippen LogP contribution in [0.3, 0.4) is 0 Å². The highest BCUT2D eigenvalue weighted by Gasteiger charge is 2.27. The van der Waals surface area contributed by atoms with Crippen LogP contribution in [0.2, 0.25) is 0 Å². The van der Waals surface area contributed by atoms with E-state index in [9.17, 15) is 9.59 Å². The third kappa shape index (κ3) is 11.7. The Bertz CT molecular complexity index is 395. The summed E-state index contributed by atoms with van der Waals surface area (Å²) in [6.45, 7) is 4.27. The molecule has 1 aliphatic carbocycles. The molecule has 0 amide bonds. The standard InChI is InChI=1S/C24H44O4/c1-3-22(23(25)27-4-2)24(26)28-20-16-12-15-19-21-17-13-10-8-6-5-7-9-11-14-18-21/h21-22H,3-20H2,1-2H3. The summed E-state index contributed by atoms with van der Waals surface area (Å²) < 4.78 is 10.2. The largest absolute Gasteiger partial charge is 0.465 e. The molecular weight excluding hydrogens is 352 g/mol. The molecular formula is C24H44O4. The molecule has 0 aromatic heterocycles. The van der Waals surface area contributed by atoms with Gasteiger partial charge in [0.25, 0.3) is 0 Å². The molecule has 164 valence electrons. The summed E-state index contributed by atoms with van der Waals surface area (Å²) in [6, 6.07) is 0. The molecule has 0 heterocycles. The fraction of sp³-hybridized carbons (Fsp3) is 0.917. The molecule has 1 atom stereocenters. The van der Waals surface area contributed by atoms with E-state index in [1.165, 1.54) is 83.5 Å². The van der Waals surface area contributed by atoms with Crippen LogP contribution in [0.15, 0.2) is 0 Å². The van der Waals surface area contributed by atoms with Gasteiger partial charge in [0, 0.05) is 0 Å². The first kappa shape index (κ1) is 25.0. The molecule has 1 saturated carbocycles. The van der Waals surface area contributed by atoms with Gasteiger partial charge in [-0.25, -0.2) is 0 Å². The molecule has 1 fully saturated rings. The molecule has 28 heavy (non-hydrogen) atoms. The van der Waals surface area contributed by atoms with Gasteiger partial charge in [0.05, 0.1) is 13.2 Å². The van der Waals surface area contributed by atoms with E-state index in [1.54, 1.807) is 6.92 Å². The molecule has 4 heteroatoms. The molecule has 0 N–H and O–H groups in total. The van der Waals surface area contributed by atoms with Crippen molar-refractivity contribution in [3.63, 3.8) is 0 Å². The van der Waals surface area contributed by atoms with Crippen LogP contribution >= 0.6 is 0 Å². The van der Waals surface area contributed by atoms with Gasteiger partial charge in [-0.15, -0.1) is 0 Å². The maximum absolute atomic E-state index is 12.0. The van der Waals surface area contributed by atoms with E-state index in [4.69, 9.17) is 9.47 Å². The minimum absolute atomic E-state index is 0.295.